The number of aromatic nitrogens is 1. The van der Waals surface area contributed by atoms with Crippen LogP contribution in [-0.2, 0) is 17.8 Å². The van der Waals surface area contributed by atoms with Crippen LogP contribution in [0.1, 0.15) is 24.8 Å². The van der Waals surface area contributed by atoms with Crippen molar-refractivity contribution in [3.05, 3.63) is 72.4 Å². The number of hydrogen-bond acceptors (Lipinski definition) is 3. The first-order valence-corrected chi connectivity index (χ1v) is 11.1. The van der Waals surface area contributed by atoms with Crippen molar-refractivity contribution < 1.29 is 14.3 Å². The number of rotatable bonds is 8. The summed E-state index contributed by atoms with van der Waals surface area (Å²) in [4.78, 5) is 10.8. The van der Waals surface area contributed by atoms with Crippen molar-refractivity contribution in [1.29, 1.82) is 0 Å². The first-order chi connectivity index (χ1) is 15.7. The number of para-hydroxylation sites is 2. The fourth-order valence-electron chi connectivity index (χ4n) is 4.61. The van der Waals surface area contributed by atoms with Crippen LogP contribution in [0, 0.1) is 0 Å². The van der Waals surface area contributed by atoms with Gasteiger partial charge in [-0.05, 0) is 55.1 Å². The molecule has 0 radical (unpaired) electrons. The van der Waals surface area contributed by atoms with Gasteiger partial charge in [0.25, 0.3) is 0 Å². The number of aryl methyl sites for hydroxylation is 1. The van der Waals surface area contributed by atoms with Crippen LogP contribution in [0.25, 0.3) is 44.0 Å². The number of carboxylic acids is 1. The van der Waals surface area contributed by atoms with Crippen LogP contribution in [0.2, 0.25) is 0 Å². The zero-order chi connectivity index (χ0) is 22.1. The second-order valence-electron chi connectivity index (χ2n) is 8.25. The first-order valence-electron chi connectivity index (χ1n) is 11.1. The Morgan fingerprint density at radius 1 is 0.970 bits per heavy atom. The van der Waals surface area contributed by atoms with Gasteiger partial charge < -0.3 is 19.8 Å². The van der Waals surface area contributed by atoms with E-state index in [1.54, 1.807) is 0 Å². The number of hydrogen-bond donors (Lipinski definition) is 2. The normalized spacial score (nSPS) is 11.3. The SMILES string of the molecule is Cl.NCCc1cn(CCCCC(=O)O)c2ccc(-c3cccc4c3oc3ccccc34)cc12. The predicted molar refractivity (Wildman–Crippen MR) is 136 cm³/mol. The summed E-state index contributed by atoms with van der Waals surface area (Å²) in [5.74, 6) is -0.740. The van der Waals surface area contributed by atoms with Gasteiger partial charge in [-0.3, -0.25) is 4.79 Å². The van der Waals surface area contributed by atoms with E-state index in [4.69, 9.17) is 15.3 Å². The molecule has 0 atom stereocenters. The highest BCUT2D eigenvalue weighted by molar-refractivity contribution is 6.10. The minimum atomic E-state index is -0.740. The Morgan fingerprint density at radius 2 is 1.79 bits per heavy atom. The molecule has 2 aromatic heterocycles. The van der Waals surface area contributed by atoms with Gasteiger partial charge in [-0.2, -0.15) is 0 Å². The summed E-state index contributed by atoms with van der Waals surface area (Å²) in [7, 11) is 0. The second kappa shape index (κ2) is 9.69. The molecule has 0 aliphatic carbocycles. The number of furan rings is 1. The van der Waals surface area contributed by atoms with Gasteiger partial charge in [-0.25, -0.2) is 0 Å². The predicted octanol–water partition coefficient (Wildman–Crippen LogP) is 6.39. The number of aliphatic carboxylic acids is 1. The molecule has 170 valence electrons. The molecular formula is C27H27ClN2O3. The van der Waals surface area contributed by atoms with Gasteiger partial charge in [0.15, 0.2) is 0 Å². The summed E-state index contributed by atoms with van der Waals surface area (Å²) in [6, 6.07) is 21.0. The molecule has 6 heteroatoms. The molecule has 0 aliphatic rings. The Bertz CT molecular complexity index is 1430. The third kappa shape index (κ3) is 4.34. The van der Waals surface area contributed by atoms with Crippen molar-refractivity contribution in [1.82, 2.24) is 4.57 Å². The third-order valence-electron chi connectivity index (χ3n) is 6.13. The Morgan fingerprint density at radius 3 is 2.61 bits per heavy atom. The molecule has 0 bridgehead atoms. The molecule has 0 saturated carbocycles. The minimum absolute atomic E-state index is 0. The number of nitrogens with two attached hydrogens (primary N) is 1. The zero-order valence-electron chi connectivity index (χ0n) is 18.3. The molecule has 5 aromatic rings. The quantitative estimate of drug-likeness (QED) is 0.262. The van der Waals surface area contributed by atoms with Crippen molar-refractivity contribution >= 4 is 51.2 Å². The maximum absolute atomic E-state index is 10.8. The Balaban J connectivity index is 0.00000259. The number of halogens is 1. The fraction of sp³-hybridized carbons (Fsp3) is 0.222. The average molecular weight is 463 g/mol. The highest BCUT2D eigenvalue weighted by Crippen LogP contribution is 2.37. The molecule has 2 heterocycles. The molecule has 5 nitrogen and oxygen atoms in total. The van der Waals surface area contributed by atoms with Crippen LogP contribution < -0.4 is 5.73 Å². The topological polar surface area (TPSA) is 81.4 Å². The van der Waals surface area contributed by atoms with Crippen molar-refractivity contribution in [2.24, 2.45) is 5.73 Å². The molecule has 5 rings (SSSR count). The largest absolute Gasteiger partial charge is 0.481 e. The van der Waals surface area contributed by atoms with E-state index >= 15 is 0 Å². The number of benzene rings is 3. The van der Waals surface area contributed by atoms with E-state index < -0.39 is 5.97 Å². The van der Waals surface area contributed by atoms with Gasteiger partial charge >= 0.3 is 5.97 Å². The standard InChI is InChI=1S/C27H26N2O3.ClH/c28-14-13-19-17-29(15-4-3-10-26(30)31)24-12-11-18(16-23(19)24)20-7-5-8-22-21-6-1-2-9-25(21)32-27(20)22;/h1-2,5-9,11-12,16-17H,3-4,10,13-15,28H2,(H,30,31);1H. The molecule has 0 fully saturated rings. The van der Waals surface area contributed by atoms with Crippen molar-refractivity contribution in [3.8, 4) is 11.1 Å². The number of carbonyl (C=O) groups is 1. The van der Waals surface area contributed by atoms with Gasteiger partial charge in [0.2, 0.25) is 0 Å². The van der Waals surface area contributed by atoms with Gasteiger partial charge in [0.05, 0.1) is 0 Å². The van der Waals surface area contributed by atoms with Crippen molar-refractivity contribution in [2.75, 3.05) is 6.54 Å². The van der Waals surface area contributed by atoms with Crippen LogP contribution in [0.4, 0.5) is 0 Å². The molecule has 33 heavy (non-hydrogen) atoms. The molecular weight excluding hydrogens is 436 g/mol. The summed E-state index contributed by atoms with van der Waals surface area (Å²) < 4.78 is 8.47. The molecule has 3 N–H and O–H groups in total. The first kappa shape index (κ1) is 22.9. The summed E-state index contributed by atoms with van der Waals surface area (Å²) in [6.07, 6.45) is 4.69. The lowest BCUT2D eigenvalue weighted by Crippen LogP contribution is -2.02. The number of fused-ring (bicyclic) bond motifs is 4. The van der Waals surface area contributed by atoms with Crippen LogP contribution in [0.15, 0.2) is 71.3 Å². The Hall–Kier alpha value is -3.28. The lowest BCUT2D eigenvalue weighted by Gasteiger charge is -2.07. The van der Waals surface area contributed by atoms with E-state index in [1.165, 1.54) is 10.9 Å². The summed E-state index contributed by atoms with van der Waals surface area (Å²) >= 11 is 0. The molecule has 3 aromatic carbocycles. The molecule has 0 aliphatic heterocycles. The Kier molecular flexibility index (Phi) is 6.72. The molecule has 0 unspecified atom stereocenters. The Labute approximate surface area is 198 Å². The van der Waals surface area contributed by atoms with Crippen LogP contribution in [0.3, 0.4) is 0 Å². The summed E-state index contributed by atoms with van der Waals surface area (Å²) in [5, 5.41) is 12.3. The highest BCUT2D eigenvalue weighted by Gasteiger charge is 2.14. The maximum Gasteiger partial charge on any atom is 0.303 e. The van der Waals surface area contributed by atoms with E-state index in [-0.39, 0.29) is 18.8 Å². The summed E-state index contributed by atoms with van der Waals surface area (Å²) in [5.41, 5.74) is 12.3. The second-order valence-corrected chi connectivity index (χ2v) is 8.25. The number of unbranched alkanes of at least 4 members (excludes halogenated alkanes) is 1. The maximum atomic E-state index is 10.8. The highest BCUT2D eigenvalue weighted by atomic mass is 35.5. The zero-order valence-corrected chi connectivity index (χ0v) is 19.1. The fourth-order valence-corrected chi connectivity index (χ4v) is 4.61. The van der Waals surface area contributed by atoms with Crippen molar-refractivity contribution in [3.63, 3.8) is 0 Å². The number of nitrogens with zero attached hydrogens (tertiary/aromatic N) is 1. The van der Waals surface area contributed by atoms with Gasteiger partial charge in [-0.1, -0.05) is 42.5 Å². The smallest absolute Gasteiger partial charge is 0.303 e. The van der Waals surface area contributed by atoms with E-state index in [9.17, 15) is 4.79 Å². The monoisotopic (exact) mass is 462 g/mol. The van der Waals surface area contributed by atoms with Crippen LogP contribution >= 0.6 is 12.4 Å². The number of carboxylic acid groups (broad SMARTS) is 1. The average Bonchev–Trinajstić information content (AvgIpc) is 3.35. The minimum Gasteiger partial charge on any atom is -0.481 e. The van der Waals surface area contributed by atoms with Crippen molar-refractivity contribution in [2.45, 2.75) is 32.2 Å². The van der Waals surface area contributed by atoms with Gasteiger partial charge in [0.1, 0.15) is 11.2 Å². The molecule has 0 saturated heterocycles. The summed E-state index contributed by atoms with van der Waals surface area (Å²) in [6.45, 7) is 1.38. The lowest BCUT2D eigenvalue weighted by molar-refractivity contribution is -0.137. The molecule has 0 spiro atoms. The lowest BCUT2D eigenvalue weighted by atomic mass is 9.99. The van der Waals surface area contributed by atoms with E-state index in [1.807, 2.05) is 18.2 Å². The van der Waals surface area contributed by atoms with E-state index in [0.717, 1.165) is 58.0 Å². The van der Waals surface area contributed by atoms with Crippen LogP contribution in [-0.4, -0.2) is 22.2 Å². The molecule has 0 amide bonds. The van der Waals surface area contributed by atoms with Crippen LogP contribution in [0.5, 0.6) is 0 Å². The van der Waals surface area contributed by atoms with Gasteiger partial charge in [0, 0.05) is 46.4 Å². The third-order valence-corrected chi connectivity index (χ3v) is 6.13. The van der Waals surface area contributed by atoms with Gasteiger partial charge in [-0.15, -0.1) is 12.4 Å². The van der Waals surface area contributed by atoms with E-state index in [2.05, 4.69) is 53.2 Å². The van der Waals surface area contributed by atoms with E-state index in [0.29, 0.717) is 13.0 Å².